The molecule has 4 saturated carbocycles. The fraction of sp³-hybridized carbons (Fsp3) is 0.714. The minimum absolute atomic E-state index is 0.203. The van der Waals surface area contributed by atoms with Gasteiger partial charge in [-0.15, -0.1) is 0 Å². The van der Waals surface area contributed by atoms with Gasteiger partial charge in [0.25, 0.3) is 0 Å². The first-order valence-corrected chi connectivity index (χ1v) is 10.5. The Morgan fingerprint density at radius 3 is 1.67 bits per heavy atom. The Hall–Kier alpha value is -1.98. The lowest BCUT2D eigenvalue weighted by molar-refractivity contribution is -0.0130. The lowest BCUT2D eigenvalue weighted by atomic mass is 9.53. The summed E-state index contributed by atoms with van der Waals surface area (Å²) in [7, 11) is 0. The molecule has 1 heterocycles. The van der Waals surface area contributed by atoms with Crippen molar-refractivity contribution in [2.24, 2.45) is 23.7 Å². The van der Waals surface area contributed by atoms with E-state index in [9.17, 15) is 9.59 Å². The van der Waals surface area contributed by atoms with E-state index < -0.39 is 12.2 Å². The van der Waals surface area contributed by atoms with Gasteiger partial charge in [-0.05, 0) is 75.2 Å². The normalized spacial score (nSPS) is 38.1. The number of carbonyl (C=O) groups excluding carboxylic acids is 2. The molecule has 0 radical (unpaired) electrons. The molecule has 5 fully saturated rings. The predicted molar refractivity (Wildman–Crippen MR) is 98.5 cm³/mol. The second kappa shape index (κ2) is 6.28. The maximum Gasteiger partial charge on any atom is 0.429 e. The van der Waals surface area contributed by atoms with E-state index in [1.54, 1.807) is 19.4 Å². The molecule has 146 valence electrons. The van der Waals surface area contributed by atoms with Gasteiger partial charge in [-0.2, -0.15) is 0 Å². The first-order chi connectivity index (χ1) is 13.1. The molecule has 2 amide bonds. The van der Waals surface area contributed by atoms with Gasteiger partial charge in [-0.1, -0.05) is 17.7 Å². The number of rotatable bonds is 2. The van der Waals surface area contributed by atoms with E-state index in [1.807, 2.05) is 0 Å². The van der Waals surface area contributed by atoms with Gasteiger partial charge in [-0.3, -0.25) is 0 Å². The van der Waals surface area contributed by atoms with Crippen molar-refractivity contribution in [2.45, 2.75) is 58.0 Å². The van der Waals surface area contributed by atoms with Gasteiger partial charge < -0.3 is 9.47 Å². The second-order valence-electron chi connectivity index (χ2n) is 8.58. The summed E-state index contributed by atoms with van der Waals surface area (Å²) in [4.78, 5) is 25.4. The fourth-order valence-electron chi connectivity index (χ4n) is 6.57. The first kappa shape index (κ1) is 17.1. The zero-order valence-corrected chi connectivity index (χ0v) is 16.1. The number of hydrazine groups is 1. The van der Waals surface area contributed by atoms with Crippen LogP contribution in [0.4, 0.5) is 9.59 Å². The number of amides is 2. The molecule has 1 aliphatic heterocycles. The Kier molecular flexibility index (Phi) is 3.99. The van der Waals surface area contributed by atoms with Crippen molar-refractivity contribution in [3.8, 4) is 0 Å². The van der Waals surface area contributed by atoms with Crippen molar-refractivity contribution in [1.82, 2.24) is 10.0 Å². The molecular weight excluding hydrogens is 344 g/mol. The number of hydrogen-bond donors (Lipinski definition) is 0. The molecule has 0 aromatic rings. The van der Waals surface area contributed by atoms with Crippen LogP contribution in [0.2, 0.25) is 0 Å². The molecule has 2 atom stereocenters. The second-order valence-corrected chi connectivity index (χ2v) is 8.58. The third kappa shape index (κ3) is 2.44. The molecule has 6 rings (SSSR count). The van der Waals surface area contributed by atoms with Crippen molar-refractivity contribution in [3.63, 3.8) is 0 Å². The van der Waals surface area contributed by atoms with Crippen LogP contribution in [-0.4, -0.2) is 47.5 Å². The van der Waals surface area contributed by atoms with E-state index in [2.05, 4.69) is 12.2 Å². The van der Waals surface area contributed by atoms with Crippen molar-refractivity contribution in [3.05, 3.63) is 23.3 Å². The summed E-state index contributed by atoms with van der Waals surface area (Å²) in [6.45, 7) is 4.14. The Morgan fingerprint density at radius 2 is 1.26 bits per heavy atom. The van der Waals surface area contributed by atoms with Crippen LogP contribution in [-0.2, 0) is 9.47 Å². The van der Waals surface area contributed by atoms with E-state index >= 15 is 0 Å². The smallest absolute Gasteiger partial charge is 0.429 e. The number of ether oxygens (including phenoxy) is 2. The average Bonchev–Trinajstić information content (AvgIpc) is 3.17. The highest BCUT2D eigenvalue weighted by Gasteiger charge is 2.56. The lowest BCUT2D eigenvalue weighted by Gasteiger charge is -2.52. The number of carbonyl (C=O) groups is 2. The standard InChI is InChI=1S/C21H28N2O4/c1-3-26-20(24)22-16-5-6-17(23(22)21(25)27-4-2)19(16)18-14-8-12-7-13(10-14)11-15(18)9-12/h5-6,12-17H,3-4,7-11H2,1-2H3. The highest BCUT2D eigenvalue weighted by atomic mass is 16.6. The number of allylic oxidation sites excluding steroid dienone is 1. The fourth-order valence-corrected chi connectivity index (χ4v) is 6.57. The Labute approximate surface area is 160 Å². The van der Waals surface area contributed by atoms with Gasteiger partial charge in [-0.25, -0.2) is 19.6 Å². The van der Waals surface area contributed by atoms with Gasteiger partial charge >= 0.3 is 12.2 Å². The SMILES string of the molecule is CCOC(=O)N1C2C=CC(C2=C2C3CC4CC(C3)CC2C4)N1C(=O)OCC. The van der Waals surface area contributed by atoms with E-state index in [4.69, 9.17) is 9.47 Å². The Morgan fingerprint density at radius 1 is 0.815 bits per heavy atom. The maximum absolute atomic E-state index is 12.7. The van der Waals surface area contributed by atoms with Crippen LogP contribution in [0.1, 0.15) is 46.0 Å². The van der Waals surface area contributed by atoms with Gasteiger partial charge in [0.2, 0.25) is 0 Å². The quantitative estimate of drug-likeness (QED) is 0.690. The Balaban J connectivity index is 1.55. The minimum Gasteiger partial charge on any atom is -0.448 e. The zero-order chi connectivity index (χ0) is 18.7. The van der Waals surface area contributed by atoms with Crippen LogP contribution in [0.15, 0.2) is 23.3 Å². The molecule has 0 aromatic heterocycles. The highest BCUT2D eigenvalue weighted by molar-refractivity contribution is 5.79. The van der Waals surface area contributed by atoms with E-state index in [-0.39, 0.29) is 25.3 Å². The van der Waals surface area contributed by atoms with Crippen LogP contribution < -0.4 is 0 Å². The first-order valence-electron chi connectivity index (χ1n) is 10.5. The maximum atomic E-state index is 12.7. The summed E-state index contributed by atoms with van der Waals surface area (Å²) in [5, 5.41) is 2.97. The molecule has 1 saturated heterocycles. The molecule has 6 bridgehead atoms. The Bertz CT molecular complexity index is 662. The molecule has 0 spiro atoms. The number of nitrogens with zero attached hydrogens (tertiary/aromatic N) is 2. The summed E-state index contributed by atoms with van der Waals surface area (Å²) >= 11 is 0. The summed E-state index contributed by atoms with van der Waals surface area (Å²) in [5.41, 5.74) is 2.80. The summed E-state index contributed by atoms with van der Waals surface area (Å²) < 4.78 is 10.5. The average molecular weight is 372 g/mol. The molecule has 0 N–H and O–H groups in total. The van der Waals surface area contributed by atoms with Crippen LogP contribution in [0.25, 0.3) is 0 Å². The zero-order valence-electron chi connectivity index (χ0n) is 16.1. The minimum atomic E-state index is -0.468. The summed E-state index contributed by atoms with van der Waals surface area (Å²) in [6, 6.07) is -0.406. The molecule has 27 heavy (non-hydrogen) atoms. The third-order valence-corrected chi connectivity index (χ3v) is 7.13. The monoisotopic (exact) mass is 372 g/mol. The number of fused-ring (bicyclic) bond motifs is 2. The van der Waals surface area contributed by atoms with Crippen molar-refractivity contribution < 1.29 is 19.1 Å². The predicted octanol–water partition coefficient (Wildman–Crippen LogP) is 3.89. The van der Waals surface area contributed by atoms with Crippen LogP contribution in [0, 0.1) is 23.7 Å². The van der Waals surface area contributed by atoms with Gasteiger partial charge in [0.15, 0.2) is 0 Å². The molecule has 0 aromatic carbocycles. The topological polar surface area (TPSA) is 59.1 Å². The van der Waals surface area contributed by atoms with E-state index in [0.29, 0.717) is 11.8 Å². The molecule has 2 unspecified atom stereocenters. The third-order valence-electron chi connectivity index (χ3n) is 7.13. The van der Waals surface area contributed by atoms with E-state index in [1.165, 1.54) is 47.7 Å². The van der Waals surface area contributed by atoms with Gasteiger partial charge in [0.05, 0.1) is 25.3 Å². The van der Waals surface area contributed by atoms with Crippen LogP contribution in [0.5, 0.6) is 0 Å². The molecule has 6 nitrogen and oxygen atoms in total. The van der Waals surface area contributed by atoms with Crippen LogP contribution >= 0.6 is 0 Å². The summed E-state index contributed by atoms with van der Waals surface area (Å²) in [5.74, 6) is 3.03. The van der Waals surface area contributed by atoms with Gasteiger partial charge in [0.1, 0.15) is 0 Å². The largest absolute Gasteiger partial charge is 0.448 e. The molecule has 6 aliphatic rings. The highest BCUT2D eigenvalue weighted by Crippen LogP contribution is 2.59. The van der Waals surface area contributed by atoms with Crippen molar-refractivity contribution in [2.75, 3.05) is 13.2 Å². The molecule has 5 aliphatic carbocycles. The molecular formula is C21H28N2O4. The van der Waals surface area contributed by atoms with E-state index in [0.717, 1.165) is 11.8 Å². The number of hydrogen-bond acceptors (Lipinski definition) is 4. The van der Waals surface area contributed by atoms with Crippen LogP contribution in [0.3, 0.4) is 0 Å². The van der Waals surface area contributed by atoms with Crippen molar-refractivity contribution >= 4 is 12.2 Å². The lowest BCUT2D eigenvalue weighted by Crippen LogP contribution is -2.52. The summed E-state index contributed by atoms with van der Waals surface area (Å²) in [6.07, 6.45) is 9.72. The van der Waals surface area contributed by atoms with Gasteiger partial charge in [0, 0.05) is 0 Å². The molecule has 6 heteroatoms. The van der Waals surface area contributed by atoms with Crippen molar-refractivity contribution in [1.29, 1.82) is 0 Å².